The number of cyclic esters (lactones) is 1. The summed E-state index contributed by atoms with van der Waals surface area (Å²) in [6.45, 7) is 2.55. The number of hydrogen-bond acceptors (Lipinski definition) is 4. The average Bonchev–Trinajstić information content (AvgIpc) is 2.74. The van der Waals surface area contributed by atoms with E-state index >= 15 is 0 Å². The van der Waals surface area contributed by atoms with E-state index in [1.54, 1.807) is 0 Å². The molecular weight excluding hydrogens is 222 g/mol. The van der Waals surface area contributed by atoms with Crippen LogP contribution in [-0.4, -0.2) is 41.8 Å². The number of nitrogens with zero attached hydrogens (tertiary/aromatic N) is 1. The Morgan fingerprint density at radius 2 is 2.35 bits per heavy atom. The minimum absolute atomic E-state index is 0.0670. The average molecular weight is 239 g/mol. The second kappa shape index (κ2) is 4.87. The zero-order valence-electron chi connectivity index (χ0n) is 9.83. The summed E-state index contributed by atoms with van der Waals surface area (Å²) in [6, 6.07) is 0. The minimum atomic E-state index is -0.561. The smallest absolute Gasteiger partial charge is 0.416 e. The summed E-state index contributed by atoms with van der Waals surface area (Å²) < 4.78 is 4.76. The Morgan fingerprint density at radius 1 is 1.59 bits per heavy atom. The summed E-state index contributed by atoms with van der Waals surface area (Å²) in [5.41, 5.74) is 0. The van der Waals surface area contributed by atoms with E-state index in [1.165, 1.54) is 0 Å². The van der Waals surface area contributed by atoms with Crippen molar-refractivity contribution in [3.63, 3.8) is 0 Å². The Kier molecular flexibility index (Phi) is 3.47. The number of carbonyl (C=O) groups is 2. The molecule has 2 aliphatic rings. The number of allylic oxidation sites excluding steroid dienone is 1. The van der Waals surface area contributed by atoms with Gasteiger partial charge in [-0.15, -0.1) is 0 Å². The minimum Gasteiger partial charge on any atom is -0.447 e. The van der Waals surface area contributed by atoms with E-state index in [9.17, 15) is 14.7 Å². The molecule has 5 heteroatoms. The Bertz CT molecular complexity index is 352. The van der Waals surface area contributed by atoms with Gasteiger partial charge in [-0.1, -0.05) is 19.1 Å². The molecule has 0 saturated carbocycles. The number of carbonyl (C=O) groups excluding carboxylic acids is 2. The first-order valence-electron chi connectivity index (χ1n) is 5.90. The Balaban J connectivity index is 2.12. The molecule has 1 aliphatic heterocycles. The molecular formula is C12H17NO4. The highest BCUT2D eigenvalue weighted by Gasteiger charge is 2.38. The van der Waals surface area contributed by atoms with Crippen molar-refractivity contribution in [2.45, 2.75) is 13.3 Å². The van der Waals surface area contributed by atoms with E-state index in [0.717, 1.165) is 4.90 Å². The second-order valence-electron chi connectivity index (χ2n) is 4.66. The fraction of sp³-hybridized carbons (Fsp3) is 0.667. The molecule has 0 unspecified atom stereocenters. The van der Waals surface area contributed by atoms with Gasteiger partial charge in [0, 0.05) is 11.8 Å². The van der Waals surface area contributed by atoms with Crippen molar-refractivity contribution >= 4 is 12.0 Å². The summed E-state index contributed by atoms with van der Waals surface area (Å²) in [5, 5.41) is 9.27. The van der Waals surface area contributed by atoms with Crippen LogP contribution in [0, 0.1) is 17.8 Å². The van der Waals surface area contributed by atoms with E-state index in [4.69, 9.17) is 4.74 Å². The quantitative estimate of drug-likeness (QED) is 0.723. The largest absolute Gasteiger partial charge is 0.447 e. The first kappa shape index (κ1) is 12.1. The van der Waals surface area contributed by atoms with Gasteiger partial charge in [0.1, 0.15) is 6.61 Å². The Hall–Kier alpha value is -1.36. The Morgan fingerprint density at radius 3 is 2.94 bits per heavy atom. The van der Waals surface area contributed by atoms with Crippen molar-refractivity contribution in [3.05, 3.63) is 12.2 Å². The van der Waals surface area contributed by atoms with Crippen molar-refractivity contribution in [3.8, 4) is 0 Å². The van der Waals surface area contributed by atoms with E-state index in [1.807, 2.05) is 19.1 Å². The highest BCUT2D eigenvalue weighted by atomic mass is 16.6. The molecule has 1 saturated heterocycles. The molecule has 0 bridgehead atoms. The number of rotatable bonds is 2. The molecule has 1 fully saturated rings. The third-order valence-corrected chi connectivity index (χ3v) is 3.38. The number of hydrogen-bond donors (Lipinski definition) is 1. The van der Waals surface area contributed by atoms with Crippen LogP contribution in [-0.2, 0) is 9.53 Å². The monoisotopic (exact) mass is 239 g/mol. The first-order chi connectivity index (χ1) is 8.13. The van der Waals surface area contributed by atoms with Gasteiger partial charge in [-0.2, -0.15) is 0 Å². The van der Waals surface area contributed by atoms with Crippen molar-refractivity contribution in [1.29, 1.82) is 0 Å². The highest BCUT2D eigenvalue weighted by molar-refractivity contribution is 5.94. The van der Waals surface area contributed by atoms with Crippen LogP contribution in [0.4, 0.5) is 4.79 Å². The van der Waals surface area contributed by atoms with Crippen molar-refractivity contribution in [2.75, 3.05) is 19.8 Å². The molecule has 0 aromatic heterocycles. The fourth-order valence-electron chi connectivity index (χ4n) is 2.39. The highest BCUT2D eigenvalue weighted by Crippen LogP contribution is 2.30. The third kappa shape index (κ3) is 2.34. The number of amides is 2. The van der Waals surface area contributed by atoms with Gasteiger partial charge in [-0.05, 0) is 12.3 Å². The van der Waals surface area contributed by atoms with Crippen molar-refractivity contribution in [2.24, 2.45) is 17.8 Å². The predicted octanol–water partition coefficient (Wildman–Crippen LogP) is 0.786. The van der Waals surface area contributed by atoms with E-state index in [2.05, 4.69) is 0 Å². The molecule has 2 amide bonds. The predicted molar refractivity (Wildman–Crippen MR) is 60.0 cm³/mol. The van der Waals surface area contributed by atoms with Gasteiger partial charge in [-0.3, -0.25) is 4.79 Å². The van der Waals surface area contributed by atoms with Gasteiger partial charge in [0.2, 0.25) is 5.91 Å². The summed E-state index contributed by atoms with van der Waals surface area (Å²) in [5.74, 6) is -0.425. The molecule has 17 heavy (non-hydrogen) atoms. The second-order valence-corrected chi connectivity index (χ2v) is 4.66. The van der Waals surface area contributed by atoms with E-state index in [-0.39, 0.29) is 31.0 Å². The number of ether oxygens (including phenoxy) is 1. The maximum atomic E-state index is 12.2. The zero-order valence-corrected chi connectivity index (χ0v) is 9.83. The molecule has 0 spiro atoms. The molecule has 94 valence electrons. The van der Waals surface area contributed by atoms with Gasteiger partial charge in [0.15, 0.2) is 0 Å². The first-order valence-corrected chi connectivity index (χ1v) is 5.90. The van der Waals surface area contributed by atoms with Crippen LogP contribution in [0.5, 0.6) is 0 Å². The molecule has 1 aliphatic carbocycles. The van der Waals surface area contributed by atoms with Crippen LogP contribution < -0.4 is 0 Å². The van der Waals surface area contributed by atoms with E-state index < -0.39 is 6.09 Å². The van der Waals surface area contributed by atoms with Crippen molar-refractivity contribution < 1.29 is 19.4 Å². The lowest BCUT2D eigenvalue weighted by Gasteiger charge is -2.30. The lowest BCUT2D eigenvalue weighted by molar-refractivity contribution is -0.134. The van der Waals surface area contributed by atoms with Crippen LogP contribution in [0.1, 0.15) is 13.3 Å². The summed E-state index contributed by atoms with van der Waals surface area (Å²) >= 11 is 0. The van der Waals surface area contributed by atoms with Crippen LogP contribution >= 0.6 is 0 Å². The van der Waals surface area contributed by atoms with Crippen molar-refractivity contribution in [1.82, 2.24) is 4.90 Å². The summed E-state index contributed by atoms with van der Waals surface area (Å²) in [6.07, 6.45) is 3.99. The third-order valence-electron chi connectivity index (χ3n) is 3.38. The Labute approximate surface area is 100 Å². The molecule has 1 N–H and O–H groups in total. The molecule has 3 atom stereocenters. The number of imide groups is 1. The number of aliphatic hydroxyl groups is 1. The van der Waals surface area contributed by atoms with Gasteiger partial charge in [-0.25, -0.2) is 9.69 Å². The molecule has 2 rings (SSSR count). The van der Waals surface area contributed by atoms with Gasteiger partial charge in [0.05, 0.1) is 13.2 Å². The lowest BCUT2D eigenvalue weighted by Crippen LogP contribution is -2.41. The standard InChI is InChI=1S/C12H17NO4/c1-8-2-3-9(7-14)10(6-8)11(15)13-4-5-17-12(13)16/h2-3,8-10,14H,4-7H2,1H3/t8-,9-,10-/m1/s1. The SMILES string of the molecule is C[C@@H]1C=C[C@H](CO)[C@H](C(=O)N2CCOC2=O)C1. The molecule has 0 aromatic carbocycles. The maximum absolute atomic E-state index is 12.2. The molecule has 5 nitrogen and oxygen atoms in total. The van der Waals surface area contributed by atoms with E-state index in [0.29, 0.717) is 18.9 Å². The van der Waals surface area contributed by atoms with Crippen LogP contribution in [0.25, 0.3) is 0 Å². The number of aliphatic hydroxyl groups excluding tert-OH is 1. The maximum Gasteiger partial charge on any atom is 0.416 e. The zero-order chi connectivity index (χ0) is 12.4. The molecule has 0 radical (unpaired) electrons. The normalized spacial score (nSPS) is 32.7. The van der Waals surface area contributed by atoms with Gasteiger partial charge in [0.25, 0.3) is 0 Å². The molecule has 0 aromatic rings. The summed E-state index contributed by atoms with van der Waals surface area (Å²) in [7, 11) is 0. The lowest BCUT2D eigenvalue weighted by atomic mass is 9.79. The van der Waals surface area contributed by atoms with Crippen LogP contribution in [0.2, 0.25) is 0 Å². The fourth-order valence-corrected chi connectivity index (χ4v) is 2.39. The van der Waals surface area contributed by atoms with Crippen LogP contribution in [0.15, 0.2) is 12.2 Å². The van der Waals surface area contributed by atoms with Gasteiger partial charge < -0.3 is 9.84 Å². The molecule has 1 heterocycles. The van der Waals surface area contributed by atoms with Gasteiger partial charge >= 0.3 is 6.09 Å². The van der Waals surface area contributed by atoms with Crippen LogP contribution in [0.3, 0.4) is 0 Å². The summed E-state index contributed by atoms with van der Waals surface area (Å²) in [4.78, 5) is 24.7. The topological polar surface area (TPSA) is 66.8 Å².